The molecule has 0 aliphatic carbocycles. The minimum Gasteiger partial charge on any atom is -0.323 e. The predicted molar refractivity (Wildman–Crippen MR) is 104 cm³/mol. The minimum absolute atomic E-state index is 0.0245. The molecule has 1 aliphatic heterocycles. The zero-order valence-electron chi connectivity index (χ0n) is 14.2. The van der Waals surface area contributed by atoms with Crippen molar-refractivity contribution in [1.29, 1.82) is 0 Å². The Kier molecular flexibility index (Phi) is 6.05. The van der Waals surface area contributed by atoms with E-state index in [0.717, 1.165) is 23.4 Å². The van der Waals surface area contributed by atoms with E-state index in [1.807, 2.05) is 36.4 Å². The highest BCUT2D eigenvalue weighted by Crippen LogP contribution is 2.29. The molecule has 2 aromatic rings. The molecule has 0 saturated carbocycles. The third kappa shape index (κ3) is 4.60. The van der Waals surface area contributed by atoms with E-state index < -0.39 is 0 Å². The maximum absolute atomic E-state index is 12.8. The highest BCUT2D eigenvalue weighted by atomic mass is 32.1. The molecule has 1 aromatic carbocycles. The number of carbonyl (C=O) groups excluding carboxylic acids is 1. The molecule has 0 unspecified atom stereocenters. The molecule has 1 fully saturated rings. The molecule has 2 heterocycles. The average molecular weight is 350 g/mol. The van der Waals surface area contributed by atoms with Gasteiger partial charge in [0.2, 0.25) is 0 Å². The van der Waals surface area contributed by atoms with Crippen LogP contribution < -0.4 is 5.32 Å². The van der Waals surface area contributed by atoms with Gasteiger partial charge >= 0.3 is 0 Å². The second-order valence-corrected chi connectivity index (χ2v) is 7.11. The molecule has 1 atom stereocenters. The fraction of sp³-hybridized carbons (Fsp3) is 0.286. The number of nitrogens with one attached hydrogen (secondary N) is 1. The number of rotatable bonds is 5. The van der Waals surface area contributed by atoms with Crippen LogP contribution in [0.15, 0.2) is 55.1 Å². The molecule has 1 amide bonds. The molecule has 0 radical (unpaired) electrons. The summed E-state index contributed by atoms with van der Waals surface area (Å²) in [5, 5.41) is 3.48. The third-order valence-electron chi connectivity index (χ3n) is 4.15. The summed E-state index contributed by atoms with van der Waals surface area (Å²) < 4.78 is 0. The number of hydrogen-bond donors (Lipinski definition) is 1. The van der Waals surface area contributed by atoms with Crippen molar-refractivity contribution in [2.24, 2.45) is 0 Å². The van der Waals surface area contributed by atoms with Crippen molar-refractivity contribution in [1.82, 2.24) is 10.2 Å². The van der Waals surface area contributed by atoms with Crippen molar-refractivity contribution in [3.8, 4) is 11.8 Å². The van der Waals surface area contributed by atoms with Crippen LogP contribution in [0, 0.1) is 11.8 Å². The van der Waals surface area contributed by atoms with Gasteiger partial charge in [-0.2, -0.15) is 0 Å². The number of carbonyl (C=O) groups is 1. The van der Waals surface area contributed by atoms with Crippen LogP contribution in [0.3, 0.4) is 0 Å². The quantitative estimate of drug-likeness (QED) is 0.656. The van der Waals surface area contributed by atoms with Gasteiger partial charge in [-0.05, 0) is 43.7 Å². The SMILES string of the molecule is C=CCN(CC#Cc1ccccc1)C(=O)c1ccc([C@@H]2CCCN2)s1. The lowest BCUT2D eigenvalue weighted by atomic mass is 10.2. The van der Waals surface area contributed by atoms with E-state index in [4.69, 9.17) is 0 Å². The standard InChI is InChI=1S/C21H22N2OS/c1-2-15-23(16-7-10-17-8-4-3-5-9-17)21(24)20-13-12-19(25-20)18-11-6-14-22-18/h2-5,8-9,12-13,18,22H,1,6,11,14-16H2/t18-/m0/s1. The van der Waals surface area contributed by atoms with E-state index in [-0.39, 0.29) is 5.91 Å². The second-order valence-electron chi connectivity index (χ2n) is 5.99. The van der Waals surface area contributed by atoms with Gasteiger partial charge in [-0.25, -0.2) is 0 Å². The maximum Gasteiger partial charge on any atom is 0.264 e. The summed E-state index contributed by atoms with van der Waals surface area (Å²) in [6.45, 7) is 5.72. The van der Waals surface area contributed by atoms with Gasteiger partial charge in [0.1, 0.15) is 0 Å². The van der Waals surface area contributed by atoms with E-state index in [2.05, 4.69) is 29.8 Å². The molecule has 3 nitrogen and oxygen atoms in total. The lowest BCUT2D eigenvalue weighted by Crippen LogP contribution is -2.31. The lowest BCUT2D eigenvalue weighted by Gasteiger charge is -2.17. The van der Waals surface area contributed by atoms with Crippen LogP contribution in [0.1, 0.15) is 39.0 Å². The maximum atomic E-state index is 12.8. The summed E-state index contributed by atoms with van der Waals surface area (Å²) in [6, 6.07) is 14.2. The van der Waals surface area contributed by atoms with Gasteiger partial charge in [-0.3, -0.25) is 4.79 Å². The third-order valence-corrected chi connectivity index (χ3v) is 5.34. The molecule has 4 heteroatoms. The summed E-state index contributed by atoms with van der Waals surface area (Å²) >= 11 is 1.59. The van der Waals surface area contributed by atoms with E-state index in [9.17, 15) is 4.79 Å². The van der Waals surface area contributed by atoms with Gasteiger partial charge < -0.3 is 10.2 Å². The fourth-order valence-corrected chi connectivity index (χ4v) is 3.96. The average Bonchev–Trinajstić information content (AvgIpc) is 3.32. The zero-order chi connectivity index (χ0) is 17.5. The first-order chi connectivity index (χ1) is 12.3. The van der Waals surface area contributed by atoms with Gasteiger partial charge in [0.25, 0.3) is 5.91 Å². The van der Waals surface area contributed by atoms with Crippen molar-refractivity contribution in [2.75, 3.05) is 19.6 Å². The van der Waals surface area contributed by atoms with Crippen LogP contribution in [0.5, 0.6) is 0 Å². The molecule has 1 N–H and O–H groups in total. The number of thiophene rings is 1. The molecule has 128 valence electrons. The molecule has 3 rings (SSSR count). The Hall–Kier alpha value is -2.35. The molecule has 1 aliphatic rings. The van der Waals surface area contributed by atoms with E-state index in [1.165, 1.54) is 11.3 Å². The first kappa shape index (κ1) is 17.5. The highest BCUT2D eigenvalue weighted by Gasteiger charge is 2.21. The molecule has 0 bridgehead atoms. The Morgan fingerprint density at radius 3 is 2.88 bits per heavy atom. The number of benzene rings is 1. The number of amides is 1. The smallest absolute Gasteiger partial charge is 0.264 e. The highest BCUT2D eigenvalue weighted by molar-refractivity contribution is 7.14. The van der Waals surface area contributed by atoms with Gasteiger partial charge in [-0.1, -0.05) is 36.1 Å². The Morgan fingerprint density at radius 1 is 1.32 bits per heavy atom. The van der Waals surface area contributed by atoms with Crippen LogP contribution in [-0.2, 0) is 0 Å². The first-order valence-corrected chi connectivity index (χ1v) is 9.37. The van der Waals surface area contributed by atoms with E-state index in [0.29, 0.717) is 19.1 Å². The Morgan fingerprint density at radius 2 is 2.16 bits per heavy atom. The fourth-order valence-electron chi connectivity index (χ4n) is 2.87. The Labute approximate surface area is 153 Å². The monoisotopic (exact) mass is 350 g/mol. The largest absolute Gasteiger partial charge is 0.323 e. The van der Waals surface area contributed by atoms with Gasteiger partial charge in [0.05, 0.1) is 11.4 Å². The van der Waals surface area contributed by atoms with Crippen LogP contribution in [0.4, 0.5) is 0 Å². The van der Waals surface area contributed by atoms with Crippen molar-refractivity contribution >= 4 is 17.2 Å². The second kappa shape index (κ2) is 8.66. The van der Waals surface area contributed by atoms with E-state index in [1.54, 1.807) is 22.3 Å². The normalized spacial score (nSPS) is 16.1. The van der Waals surface area contributed by atoms with Gasteiger partial charge in [0.15, 0.2) is 0 Å². The van der Waals surface area contributed by atoms with Crippen molar-refractivity contribution in [3.63, 3.8) is 0 Å². The van der Waals surface area contributed by atoms with Crippen molar-refractivity contribution in [3.05, 3.63) is 70.4 Å². The summed E-state index contributed by atoms with van der Waals surface area (Å²) in [5.74, 6) is 6.23. The Bertz CT molecular complexity index is 779. The molecule has 0 spiro atoms. The summed E-state index contributed by atoms with van der Waals surface area (Å²) in [7, 11) is 0. The predicted octanol–water partition coefficient (Wildman–Crippen LogP) is 3.85. The van der Waals surface area contributed by atoms with E-state index >= 15 is 0 Å². The van der Waals surface area contributed by atoms with Crippen molar-refractivity contribution < 1.29 is 4.79 Å². The van der Waals surface area contributed by atoms with Gasteiger partial charge in [0, 0.05) is 23.0 Å². The van der Waals surface area contributed by atoms with Crippen LogP contribution in [0.2, 0.25) is 0 Å². The summed E-state index contributed by atoms with van der Waals surface area (Å²) in [4.78, 5) is 16.6. The Balaban J connectivity index is 1.68. The minimum atomic E-state index is 0.0245. The van der Waals surface area contributed by atoms with Crippen LogP contribution in [0.25, 0.3) is 0 Å². The van der Waals surface area contributed by atoms with Gasteiger partial charge in [-0.15, -0.1) is 17.9 Å². The molecular weight excluding hydrogens is 328 g/mol. The molecule has 1 saturated heterocycles. The summed E-state index contributed by atoms with van der Waals surface area (Å²) in [6.07, 6.45) is 4.09. The van der Waals surface area contributed by atoms with Crippen LogP contribution in [-0.4, -0.2) is 30.4 Å². The molecule has 25 heavy (non-hydrogen) atoms. The molecular formula is C21H22N2OS. The number of hydrogen-bond acceptors (Lipinski definition) is 3. The first-order valence-electron chi connectivity index (χ1n) is 8.55. The van der Waals surface area contributed by atoms with Crippen molar-refractivity contribution in [2.45, 2.75) is 18.9 Å². The summed E-state index contributed by atoms with van der Waals surface area (Å²) in [5.41, 5.74) is 0.958. The van der Waals surface area contributed by atoms with Crippen LogP contribution >= 0.6 is 11.3 Å². The zero-order valence-corrected chi connectivity index (χ0v) is 15.0. The number of nitrogens with zero attached hydrogens (tertiary/aromatic N) is 1. The lowest BCUT2D eigenvalue weighted by molar-refractivity contribution is 0.0798. The topological polar surface area (TPSA) is 32.3 Å². The molecule has 1 aromatic heterocycles.